The molecule has 0 saturated heterocycles. The van der Waals surface area contributed by atoms with E-state index in [9.17, 15) is 13.2 Å². The van der Waals surface area contributed by atoms with Crippen molar-refractivity contribution < 1.29 is 13.2 Å². The minimum atomic E-state index is -0.938. The van der Waals surface area contributed by atoms with Gasteiger partial charge in [0.25, 0.3) is 0 Å². The summed E-state index contributed by atoms with van der Waals surface area (Å²) in [6.45, 7) is 0. The van der Waals surface area contributed by atoms with Crippen molar-refractivity contribution in [2.75, 3.05) is 5.32 Å². The van der Waals surface area contributed by atoms with Crippen LogP contribution in [-0.4, -0.2) is 4.99 Å². The van der Waals surface area contributed by atoms with E-state index in [-0.39, 0.29) is 21.3 Å². The molecule has 0 fully saturated rings. The molecule has 0 unspecified atom stereocenters. The summed E-state index contributed by atoms with van der Waals surface area (Å²) in [4.78, 5) is -0.136. The van der Waals surface area contributed by atoms with Gasteiger partial charge in [-0.25, -0.2) is 13.2 Å². The van der Waals surface area contributed by atoms with E-state index in [1.165, 1.54) is 12.1 Å². The highest BCUT2D eigenvalue weighted by molar-refractivity contribution is 7.80. The van der Waals surface area contributed by atoms with Gasteiger partial charge in [-0.2, -0.15) is 0 Å². The molecule has 3 N–H and O–H groups in total. The topological polar surface area (TPSA) is 38.0 Å². The number of thiocarbonyl (C=S) groups is 1. The first-order chi connectivity index (χ1) is 9.38. The molecule has 0 aliphatic carbocycles. The second-order valence-corrected chi connectivity index (χ2v) is 4.80. The van der Waals surface area contributed by atoms with E-state index in [0.717, 1.165) is 18.2 Å². The van der Waals surface area contributed by atoms with E-state index in [4.69, 9.17) is 17.3 Å². The van der Waals surface area contributed by atoms with Crippen molar-refractivity contribution in [2.24, 2.45) is 5.73 Å². The van der Waals surface area contributed by atoms with E-state index in [2.05, 4.69) is 17.5 Å². The number of anilines is 2. The minimum Gasteiger partial charge on any atom is -0.389 e. The Labute approximate surface area is 123 Å². The van der Waals surface area contributed by atoms with E-state index in [1.807, 2.05) is 0 Å². The lowest BCUT2D eigenvalue weighted by Crippen LogP contribution is -2.11. The summed E-state index contributed by atoms with van der Waals surface area (Å²) in [6, 6.07) is 5.57. The van der Waals surface area contributed by atoms with Crippen LogP contribution in [0.25, 0.3) is 0 Å². The maximum absolute atomic E-state index is 13.8. The van der Waals surface area contributed by atoms with Crippen LogP contribution in [0.1, 0.15) is 5.56 Å². The van der Waals surface area contributed by atoms with Gasteiger partial charge in [-0.1, -0.05) is 23.8 Å². The quantitative estimate of drug-likeness (QED) is 0.836. The van der Waals surface area contributed by atoms with Crippen molar-refractivity contribution in [3.05, 3.63) is 58.4 Å². The highest BCUT2D eigenvalue weighted by atomic mass is 35.5. The molecule has 0 aliphatic rings. The molecule has 0 amide bonds. The molecule has 2 nitrogen and oxygen atoms in total. The van der Waals surface area contributed by atoms with Crippen molar-refractivity contribution in [3.63, 3.8) is 0 Å². The summed E-state index contributed by atoms with van der Waals surface area (Å²) in [5.41, 5.74) is 4.70. The highest BCUT2D eigenvalue weighted by Crippen LogP contribution is 2.28. The Kier molecular flexibility index (Phi) is 4.15. The van der Waals surface area contributed by atoms with Crippen LogP contribution >= 0.6 is 23.8 Å². The summed E-state index contributed by atoms with van der Waals surface area (Å²) in [6.07, 6.45) is 0. The summed E-state index contributed by atoms with van der Waals surface area (Å²) >= 11 is 10.3. The summed E-state index contributed by atoms with van der Waals surface area (Å²) < 4.78 is 41.2. The van der Waals surface area contributed by atoms with Gasteiger partial charge in [0.2, 0.25) is 0 Å². The zero-order chi connectivity index (χ0) is 14.9. The van der Waals surface area contributed by atoms with Crippen LogP contribution in [0.5, 0.6) is 0 Å². The van der Waals surface area contributed by atoms with Gasteiger partial charge in [-0.3, -0.25) is 0 Å². The van der Waals surface area contributed by atoms with Crippen molar-refractivity contribution in [2.45, 2.75) is 0 Å². The Morgan fingerprint density at radius 3 is 2.20 bits per heavy atom. The van der Waals surface area contributed by atoms with E-state index >= 15 is 0 Å². The predicted molar refractivity (Wildman–Crippen MR) is 76.9 cm³/mol. The Morgan fingerprint density at radius 2 is 1.65 bits per heavy atom. The van der Waals surface area contributed by atoms with Crippen LogP contribution < -0.4 is 11.1 Å². The molecule has 2 aromatic rings. The van der Waals surface area contributed by atoms with E-state index in [0.29, 0.717) is 0 Å². The van der Waals surface area contributed by atoms with Crippen molar-refractivity contribution in [1.82, 2.24) is 0 Å². The van der Waals surface area contributed by atoms with Gasteiger partial charge >= 0.3 is 0 Å². The molecule has 2 rings (SSSR count). The number of halogens is 4. The molecule has 0 heterocycles. The molecule has 2 aromatic carbocycles. The van der Waals surface area contributed by atoms with Crippen LogP contribution in [-0.2, 0) is 0 Å². The first-order valence-corrected chi connectivity index (χ1v) is 6.18. The monoisotopic (exact) mass is 316 g/mol. The fraction of sp³-hybridized carbons (Fsp3) is 0. The molecule has 104 valence electrons. The minimum absolute atomic E-state index is 0.0483. The van der Waals surface area contributed by atoms with Gasteiger partial charge in [0, 0.05) is 10.6 Å². The molecule has 0 aromatic heterocycles. The van der Waals surface area contributed by atoms with Gasteiger partial charge in [-0.05, 0) is 30.3 Å². The Balaban J connectivity index is 2.44. The Morgan fingerprint density at radius 1 is 1.05 bits per heavy atom. The standard InChI is InChI=1S/C13H8ClF3N2S/c14-7-1-2-8(15)11(5-7)19-12-9(16)3-6(13(18)20)4-10(12)17/h1-5,19H,(H2,18,20). The average molecular weight is 317 g/mol. The van der Waals surface area contributed by atoms with Crippen LogP contribution in [0.4, 0.5) is 24.5 Å². The molecule has 20 heavy (non-hydrogen) atoms. The maximum Gasteiger partial charge on any atom is 0.150 e. The first kappa shape index (κ1) is 14.6. The van der Waals surface area contributed by atoms with E-state index in [1.54, 1.807) is 0 Å². The van der Waals surface area contributed by atoms with Crippen LogP contribution in [0.3, 0.4) is 0 Å². The lowest BCUT2D eigenvalue weighted by atomic mass is 10.1. The highest BCUT2D eigenvalue weighted by Gasteiger charge is 2.14. The first-order valence-electron chi connectivity index (χ1n) is 5.39. The van der Waals surface area contributed by atoms with Crippen LogP contribution in [0.2, 0.25) is 5.02 Å². The number of nitrogens with one attached hydrogen (secondary N) is 1. The number of nitrogens with two attached hydrogens (primary N) is 1. The molecule has 0 saturated carbocycles. The molecule has 0 bridgehead atoms. The Bertz CT molecular complexity index is 668. The SMILES string of the molecule is NC(=S)c1cc(F)c(Nc2cc(Cl)ccc2F)c(F)c1. The zero-order valence-corrected chi connectivity index (χ0v) is 11.5. The third-order valence-electron chi connectivity index (χ3n) is 2.51. The van der Waals surface area contributed by atoms with Gasteiger partial charge in [0.1, 0.15) is 28.1 Å². The van der Waals surface area contributed by atoms with Crippen molar-refractivity contribution in [3.8, 4) is 0 Å². The molecule has 7 heteroatoms. The lowest BCUT2D eigenvalue weighted by Gasteiger charge is -2.11. The second-order valence-electron chi connectivity index (χ2n) is 3.93. The second kappa shape index (κ2) is 5.68. The molecular formula is C13H8ClF3N2S. The van der Waals surface area contributed by atoms with Crippen molar-refractivity contribution >= 4 is 40.2 Å². The maximum atomic E-state index is 13.8. The average Bonchev–Trinajstić information content (AvgIpc) is 2.37. The largest absolute Gasteiger partial charge is 0.389 e. The number of hydrogen-bond donors (Lipinski definition) is 2. The molecule has 0 atom stereocenters. The third-order valence-corrected chi connectivity index (χ3v) is 2.99. The molecular weight excluding hydrogens is 309 g/mol. The smallest absolute Gasteiger partial charge is 0.150 e. The molecule has 0 spiro atoms. The summed E-state index contributed by atoms with van der Waals surface area (Å²) in [5.74, 6) is -2.56. The number of rotatable bonds is 3. The summed E-state index contributed by atoms with van der Waals surface area (Å²) in [7, 11) is 0. The fourth-order valence-electron chi connectivity index (χ4n) is 1.56. The van der Waals surface area contributed by atoms with Crippen molar-refractivity contribution in [1.29, 1.82) is 0 Å². The normalized spacial score (nSPS) is 10.4. The number of hydrogen-bond acceptors (Lipinski definition) is 2. The molecule has 0 aliphatic heterocycles. The molecule has 0 radical (unpaired) electrons. The lowest BCUT2D eigenvalue weighted by molar-refractivity contribution is 0.589. The van der Waals surface area contributed by atoms with Gasteiger partial charge in [0.05, 0.1) is 5.69 Å². The van der Waals surface area contributed by atoms with Gasteiger partial charge < -0.3 is 11.1 Å². The fourth-order valence-corrected chi connectivity index (χ4v) is 1.85. The van der Waals surface area contributed by atoms with Gasteiger partial charge in [0.15, 0.2) is 0 Å². The number of benzene rings is 2. The van der Waals surface area contributed by atoms with Gasteiger partial charge in [-0.15, -0.1) is 0 Å². The Hall–Kier alpha value is -1.79. The van der Waals surface area contributed by atoms with E-state index < -0.39 is 23.1 Å². The zero-order valence-electron chi connectivity index (χ0n) is 9.88. The van der Waals surface area contributed by atoms with Crippen LogP contribution in [0.15, 0.2) is 30.3 Å². The summed E-state index contributed by atoms with van der Waals surface area (Å²) in [5, 5.41) is 2.55. The predicted octanol–water partition coefficient (Wildman–Crippen LogP) is 4.14. The van der Waals surface area contributed by atoms with Crippen LogP contribution in [0, 0.1) is 17.5 Å². The third kappa shape index (κ3) is 3.02.